The largest absolute Gasteiger partial charge is 0.350 e. The number of benzene rings is 2. The second-order valence-corrected chi connectivity index (χ2v) is 6.47. The molecule has 23 heavy (non-hydrogen) atoms. The molecule has 1 heterocycles. The summed E-state index contributed by atoms with van der Waals surface area (Å²) in [6, 6.07) is 13.5. The lowest BCUT2D eigenvalue weighted by atomic mass is 10.3. The minimum Gasteiger partial charge on any atom is -0.350 e. The number of hydrogen-bond donors (Lipinski definition) is 1. The van der Waals surface area contributed by atoms with Gasteiger partial charge in [0, 0.05) is 15.2 Å². The van der Waals surface area contributed by atoms with E-state index in [1.807, 2.05) is 12.1 Å². The van der Waals surface area contributed by atoms with Crippen molar-refractivity contribution < 1.29 is 9.59 Å². The Balaban J connectivity index is 1.90. The van der Waals surface area contributed by atoms with E-state index in [2.05, 4.69) is 21.2 Å². The molecule has 0 bridgehead atoms. The summed E-state index contributed by atoms with van der Waals surface area (Å²) in [5, 5.41) is 3.27. The van der Waals surface area contributed by atoms with Crippen molar-refractivity contribution in [3.8, 4) is 0 Å². The quantitative estimate of drug-likeness (QED) is 0.754. The van der Waals surface area contributed by atoms with Crippen LogP contribution in [0.4, 0.5) is 11.4 Å². The van der Waals surface area contributed by atoms with Gasteiger partial charge in [0.1, 0.15) is 10.7 Å². The summed E-state index contributed by atoms with van der Waals surface area (Å²) in [5.74, 6) is -1.08. The molecule has 0 unspecified atom stereocenters. The van der Waals surface area contributed by atoms with Crippen molar-refractivity contribution in [3.05, 3.63) is 68.8 Å². The third-order valence-electron chi connectivity index (χ3n) is 3.23. The maximum Gasteiger partial charge on any atom is 0.283 e. The lowest BCUT2D eigenvalue weighted by Gasteiger charge is -2.15. The highest BCUT2D eigenvalue weighted by Crippen LogP contribution is 2.30. The van der Waals surface area contributed by atoms with Crippen molar-refractivity contribution in [3.63, 3.8) is 0 Å². The smallest absolute Gasteiger partial charge is 0.283 e. The number of nitrogens with zero attached hydrogens (tertiary/aromatic N) is 1. The third kappa shape index (κ3) is 3.13. The molecule has 0 fully saturated rings. The maximum absolute atomic E-state index is 12.5. The van der Waals surface area contributed by atoms with Gasteiger partial charge in [-0.3, -0.25) is 9.59 Å². The first-order valence-corrected chi connectivity index (χ1v) is 8.09. The molecule has 2 aromatic carbocycles. The summed E-state index contributed by atoms with van der Waals surface area (Å²) in [4.78, 5) is 25.8. The zero-order valence-electron chi connectivity index (χ0n) is 11.5. The van der Waals surface area contributed by atoms with Gasteiger partial charge in [-0.2, -0.15) is 0 Å². The number of imide groups is 1. The van der Waals surface area contributed by atoms with Crippen LogP contribution >= 0.6 is 39.1 Å². The van der Waals surface area contributed by atoms with Crippen LogP contribution in [-0.2, 0) is 9.59 Å². The predicted molar refractivity (Wildman–Crippen MR) is 94.6 cm³/mol. The number of carbonyl (C=O) groups excluding carboxylic acids is 2. The summed E-state index contributed by atoms with van der Waals surface area (Å²) in [6.45, 7) is 0. The van der Waals surface area contributed by atoms with E-state index in [9.17, 15) is 9.59 Å². The van der Waals surface area contributed by atoms with Gasteiger partial charge in [0.25, 0.3) is 11.8 Å². The van der Waals surface area contributed by atoms with Crippen LogP contribution in [0.3, 0.4) is 0 Å². The van der Waals surface area contributed by atoms with E-state index in [-0.39, 0.29) is 10.7 Å². The van der Waals surface area contributed by atoms with Gasteiger partial charge in [-0.15, -0.1) is 0 Å². The average Bonchev–Trinajstić information content (AvgIpc) is 2.74. The van der Waals surface area contributed by atoms with E-state index in [0.717, 1.165) is 9.37 Å². The van der Waals surface area contributed by atoms with Crippen LogP contribution in [0.1, 0.15) is 0 Å². The van der Waals surface area contributed by atoms with E-state index in [1.54, 1.807) is 36.4 Å². The topological polar surface area (TPSA) is 49.4 Å². The number of amides is 2. The molecule has 0 radical (unpaired) electrons. The van der Waals surface area contributed by atoms with Crippen LogP contribution in [0.5, 0.6) is 0 Å². The Hall–Kier alpha value is -1.82. The Kier molecular flexibility index (Phi) is 4.43. The number of halogens is 3. The Morgan fingerprint density at radius 1 is 0.870 bits per heavy atom. The van der Waals surface area contributed by atoms with Crippen molar-refractivity contribution in [2.24, 2.45) is 0 Å². The van der Waals surface area contributed by atoms with Crippen LogP contribution in [0.2, 0.25) is 5.02 Å². The molecule has 0 aliphatic carbocycles. The van der Waals surface area contributed by atoms with Crippen LogP contribution in [0.25, 0.3) is 0 Å². The van der Waals surface area contributed by atoms with Gasteiger partial charge in [0.05, 0.1) is 5.69 Å². The lowest BCUT2D eigenvalue weighted by Crippen LogP contribution is -2.32. The predicted octanol–water partition coefficient (Wildman–Crippen LogP) is 4.54. The fraction of sp³-hybridized carbons (Fsp3) is 0. The highest BCUT2D eigenvalue weighted by Gasteiger charge is 2.38. The fourth-order valence-corrected chi connectivity index (χ4v) is 2.72. The number of carbonyl (C=O) groups is 2. The molecule has 2 amide bonds. The van der Waals surface area contributed by atoms with E-state index in [0.29, 0.717) is 16.4 Å². The van der Waals surface area contributed by atoms with Gasteiger partial charge < -0.3 is 5.32 Å². The molecule has 1 aliphatic rings. The van der Waals surface area contributed by atoms with Gasteiger partial charge in [0.15, 0.2) is 0 Å². The van der Waals surface area contributed by atoms with E-state index >= 15 is 0 Å². The normalized spacial score (nSPS) is 14.7. The molecule has 7 heteroatoms. The van der Waals surface area contributed by atoms with E-state index < -0.39 is 11.8 Å². The fourth-order valence-electron chi connectivity index (χ4n) is 2.11. The molecule has 116 valence electrons. The molecule has 2 aromatic rings. The number of nitrogens with one attached hydrogen (secondary N) is 1. The molecule has 0 atom stereocenters. The minimum absolute atomic E-state index is 0.0499. The second-order valence-electron chi connectivity index (χ2n) is 4.74. The summed E-state index contributed by atoms with van der Waals surface area (Å²) in [5.41, 5.74) is 1.12. The summed E-state index contributed by atoms with van der Waals surface area (Å²) in [6.07, 6.45) is 0. The highest BCUT2D eigenvalue weighted by atomic mass is 79.9. The van der Waals surface area contributed by atoms with Crippen molar-refractivity contribution >= 4 is 62.3 Å². The first-order valence-electron chi connectivity index (χ1n) is 6.54. The summed E-state index contributed by atoms with van der Waals surface area (Å²) < 4.78 is 0.903. The molecule has 3 rings (SSSR count). The van der Waals surface area contributed by atoms with Gasteiger partial charge in [-0.05, 0) is 48.5 Å². The molecule has 0 saturated heterocycles. The van der Waals surface area contributed by atoms with Crippen molar-refractivity contribution in [2.75, 3.05) is 10.2 Å². The minimum atomic E-state index is -0.571. The lowest BCUT2D eigenvalue weighted by molar-refractivity contribution is -0.120. The zero-order chi connectivity index (χ0) is 16.6. The number of anilines is 2. The molecular weight excluding hydrogens is 403 g/mol. The number of rotatable bonds is 3. The van der Waals surface area contributed by atoms with E-state index in [4.69, 9.17) is 23.2 Å². The van der Waals surface area contributed by atoms with Crippen LogP contribution in [0.15, 0.2) is 63.7 Å². The molecule has 4 nitrogen and oxygen atoms in total. The maximum atomic E-state index is 12.5. The molecule has 1 aliphatic heterocycles. The van der Waals surface area contributed by atoms with Crippen molar-refractivity contribution in [1.82, 2.24) is 0 Å². The first-order chi connectivity index (χ1) is 11.0. The van der Waals surface area contributed by atoms with Gasteiger partial charge in [0.2, 0.25) is 0 Å². The monoisotopic (exact) mass is 410 g/mol. The van der Waals surface area contributed by atoms with Crippen LogP contribution < -0.4 is 10.2 Å². The molecule has 0 saturated carbocycles. The van der Waals surface area contributed by atoms with Crippen LogP contribution in [0, 0.1) is 0 Å². The molecule has 0 aromatic heterocycles. The molecular formula is C16H9BrCl2N2O2. The molecule has 1 N–H and O–H groups in total. The van der Waals surface area contributed by atoms with E-state index in [1.165, 1.54) is 0 Å². The summed E-state index contributed by atoms with van der Waals surface area (Å²) in [7, 11) is 0. The Bertz CT molecular complexity index is 817. The number of hydrogen-bond acceptors (Lipinski definition) is 3. The first kappa shape index (κ1) is 16.1. The summed E-state index contributed by atoms with van der Waals surface area (Å²) >= 11 is 15.2. The Morgan fingerprint density at radius 2 is 1.48 bits per heavy atom. The Labute approximate surface area is 150 Å². The van der Waals surface area contributed by atoms with Gasteiger partial charge in [-0.25, -0.2) is 4.90 Å². The van der Waals surface area contributed by atoms with Gasteiger partial charge in [-0.1, -0.05) is 39.1 Å². The van der Waals surface area contributed by atoms with Gasteiger partial charge >= 0.3 is 0 Å². The zero-order valence-corrected chi connectivity index (χ0v) is 14.6. The SMILES string of the molecule is O=C1C(Cl)=C(Nc2ccc(Br)cc2)C(=O)N1c1ccc(Cl)cc1. The standard InChI is InChI=1S/C16H9BrCl2N2O2/c17-9-1-5-11(6-2-9)20-14-13(19)15(22)21(16(14)23)12-7-3-10(18)4-8-12/h1-8,20H. The average molecular weight is 412 g/mol. The van der Waals surface area contributed by atoms with Crippen molar-refractivity contribution in [1.29, 1.82) is 0 Å². The third-order valence-corrected chi connectivity index (χ3v) is 4.36. The Morgan fingerprint density at radius 3 is 2.09 bits per heavy atom. The highest BCUT2D eigenvalue weighted by molar-refractivity contribution is 9.10. The van der Waals surface area contributed by atoms with Crippen LogP contribution in [-0.4, -0.2) is 11.8 Å². The molecule has 0 spiro atoms. The second kappa shape index (κ2) is 6.35. The van der Waals surface area contributed by atoms with Crippen molar-refractivity contribution in [2.45, 2.75) is 0 Å².